The molecule has 1 rings (SSSR count). The van der Waals surface area contributed by atoms with Crippen molar-refractivity contribution in [3.63, 3.8) is 0 Å². The number of rotatable bonds is 3. The van der Waals surface area contributed by atoms with Crippen LogP contribution in [-0.2, 0) is 17.8 Å². The largest absolute Gasteiger partial charge is 0.369 e. The summed E-state index contributed by atoms with van der Waals surface area (Å²) in [4.78, 5) is 10.6. The van der Waals surface area contributed by atoms with Gasteiger partial charge in [-0.05, 0) is 11.1 Å². The molecule has 0 saturated heterocycles. The molecule has 3 heteroatoms. The van der Waals surface area contributed by atoms with E-state index in [2.05, 4.69) is 0 Å². The van der Waals surface area contributed by atoms with Gasteiger partial charge in [-0.25, -0.2) is 0 Å². The molecule has 0 unspecified atom stereocenters. The number of primary amides is 1. The van der Waals surface area contributed by atoms with Crippen molar-refractivity contribution in [1.82, 2.24) is 0 Å². The Hall–Kier alpha value is -1.35. The summed E-state index contributed by atoms with van der Waals surface area (Å²) in [5, 5.41) is 0. The van der Waals surface area contributed by atoms with E-state index in [0.29, 0.717) is 6.54 Å². The third kappa shape index (κ3) is 2.07. The van der Waals surface area contributed by atoms with E-state index < -0.39 is 0 Å². The van der Waals surface area contributed by atoms with E-state index in [-0.39, 0.29) is 12.3 Å². The average molecular weight is 164 g/mol. The molecule has 1 amide bonds. The average Bonchev–Trinajstić information content (AvgIpc) is 2.04. The van der Waals surface area contributed by atoms with E-state index in [9.17, 15) is 4.79 Å². The zero-order chi connectivity index (χ0) is 8.97. The summed E-state index contributed by atoms with van der Waals surface area (Å²) in [5.41, 5.74) is 12.4. The van der Waals surface area contributed by atoms with Crippen molar-refractivity contribution in [2.45, 2.75) is 13.0 Å². The molecule has 4 N–H and O–H groups in total. The standard InChI is InChI=1S/C9H12N2O/c10-6-8-4-2-1-3-7(8)5-9(11)12/h1-4H,5-6,10H2,(H2,11,12). The summed E-state index contributed by atoms with van der Waals surface area (Å²) in [6.07, 6.45) is 0.271. The van der Waals surface area contributed by atoms with Crippen molar-refractivity contribution in [2.75, 3.05) is 0 Å². The van der Waals surface area contributed by atoms with Crippen LogP contribution in [0.4, 0.5) is 0 Å². The lowest BCUT2D eigenvalue weighted by Gasteiger charge is -2.03. The Bertz CT molecular complexity index is 284. The molecule has 1 aromatic rings. The minimum atomic E-state index is -0.323. The Labute approximate surface area is 71.4 Å². The molecule has 0 fully saturated rings. The van der Waals surface area contributed by atoms with E-state index in [1.807, 2.05) is 24.3 Å². The van der Waals surface area contributed by atoms with Crippen LogP contribution in [0, 0.1) is 0 Å². The summed E-state index contributed by atoms with van der Waals surface area (Å²) in [5.74, 6) is -0.323. The molecule has 0 aliphatic rings. The fourth-order valence-electron chi connectivity index (χ4n) is 1.12. The highest BCUT2D eigenvalue weighted by Gasteiger charge is 2.02. The Morgan fingerprint density at radius 2 is 1.83 bits per heavy atom. The molecule has 0 aliphatic heterocycles. The molecular weight excluding hydrogens is 152 g/mol. The van der Waals surface area contributed by atoms with Gasteiger partial charge in [0.25, 0.3) is 0 Å². The second-order valence-electron chi connectivity index (χ2n) is 2.62. The number of hydrogen-bond donors (Lipinski definition) is 2. The highest BCUT2D eigenvalue weighted by molar-refractivity contribution is 5.76. The van der Waals surface area contributed by atoms with Crippen LogP contribution in [0.2, 0.25) is 0 Å². The van der Waals surface area contributed by atoms with Gasteiger partial charge in [0.05, 0.1) is 6.42 Å². The smallest absolute Gasteiger partial charge is 0.221 e. The molecule has 0 atom stereocenters. The molecule has 0 spiro atoms. The van der Waals surface area contributed by atoms with Crippen molar-refractivity contribution < 1.29 is 4.79 Å². The minimum absolute atomic E-state index is 0.271. The summed E-state index contributed by atoms with van der Waals surface area (Å²) < 4.78 is 0. The maximum absolute atomic E-state index is 10.6. The SMILES string of the molecule is NCc1ccccc1CC(N)=O. The van der Waals surface area contributed by atoms with Crippen LogP contribution in [0.1, 0.15) is 11.1 Å². The quantitative estimate of drug-likeness (QED) is 0.668. The van der Waals surface area contributed by atoms with Crippen LogP contribution in [0.3, 0.4) is 0 Å². The Kier molecular flexibility index (Phi) is 2.82. The van der Waals surface area contributed by atoms with Crippen molar-refractivity contribution in [3.8, 4) is 0 Å². The van der Waals surface area contributed by atoms with E-state index >= 15 is 0 Å². The van der Waals surface area contributed by atoms with Gasteiger partial charge in [0.2, 0.25) is 5.91 Å². The van der Waals surface area contributed by atoms with Crippen molar-refractivity contribution in [3.05, 3.63) is 35.4 Å². The third-order valence-electron chi connectivity index (χ3n) is 1.70. The zero-order valence-corrected chi connectivity index (χ0v) is 6.79. The maximum atomic E-state index is 10.6. The second kappa shape index (κ2) is 3.88. The van der Waals surface area contributed by atoms with E-state index in [0.717, 1.165) is 11.1 Å². The molecule has 0 aliphatic carbocycles. The van der Waals surface area contributed by atoms with Crippen LogP contribution in [0.5, 0.6) is 0 Å². The molecule has 64 valence electrons. The molecular formula is C9H12N2O. The lowest BCUT2D eigenvalue weighted by molar-refractivity contribution is -0.117. The van der Waals surface area contributed by atoms with E-state index in [4.69, 9.17) is 11.5 Å². The first-order valence-electron chi connectivity index (χ1n) is 3.79. The van der Waals surface area contributed by atoms with Crippen molar-refractivity contribution in [1.29, 1.82) is 0 Å². The van der Waals surface area contributed by atoms with Gasteiger partial charge in [-0.3, -0.25) is 4.79 Å². The first-order chi connectivity index (χ1) is 5.74. The molecule has 0 radical (unpaired) electrons. The maximum Gasteiger partial charge on any atom is 0.221 e. The van der Waals surface area contributed by atoms with E-state index in [1.54, 1.807) is 0 Å². The molecule has 1 aromatic carbocycles. The Morgan fingerprint density at radius 1 is 1.25 bits per heavy atom. The molecule has 0 bridgehead atoms. The van der Waals surface area contributed by atoms with E-state index in [1.165, 1.54) is 0 Å². The summed E-state index contributed by atoms with van der Waals surface area (Å²) in [6.45, 7) is 0.448. The van der Waals surface area contributed by atoms with Gasteiger partial charge in [-0.1, -0.05) is 24.3 Å². The lowest BCUT2D eigenvalue weighted by atomic mass is 10.0. The van der Waals surface area contributed by atoms with Crippen LogP contribution >= 0.6 is 0 Å². The predicted octanol–water partition coefficient (Wildman–Crippen LogP) is 0.173. The third-order valence-corrected chi connectivity index (χ3v) is 1.70. The van der Waals surface area contributed by atoms with Crippen LogP contribution in [0.15, 0.2) is 24.3 Å². The fourth-order valence-corrected chi connectivity index (χ4v) is 1.12. The molecule has 0 aromatic heterocycles. The first kappa shape index (κ1) is 8.74. The highest BCUT2D eigenvalue weighted by Crippen LogP contribution is 2.07. The molecule has 0 saturated carbocycles. The van der Waals surface area contributed by atoms with Crippen molar-refractivity contribution >= 4 is 5.91 Å². The molecule has 3 nitrogen and oxygen atoms in total. The normalized spacial score (nSPS) is 9.75. The Balaban J connectivity index is 2.89. The molecule has 0 heterocycles. The van der Waals surface area contributed by atoms with Gasteiger partial charge in [0.15, 0.2) is 0 Å². The van der Waals surface area contributed by atoms with Crippen LogP contribution in [-0.4, -0.2) is 5.91 Å². The number of benzene rings is 1. The zero-order valence-electron chi connectivity index (χ0n) is 6.79. The highest BCUT2D eigenvalue weighted by atomic mass is 16.1. The number of nitrogens with two attached hydrogens (primary N) is 2. The van der Waals surface area contributed by atoms with Crippen LogP contribution in [0.25, 0.3) is 0 Å². The number of hydrogen-bond acceptors (Lipinski definition) is 2. The Morgan fingerprint density at radius 3 is 2.33 bits per heavy atom. The first-order valence-corrected chi connectivity index (χ1v) is 3.79. The van der Waals surface area contributed by atoms with Gasteiger partial charge < -0.3 is 11.5 Å². The number of carbonyl (C=O) groups is 1. The summed E-state index contributed by atoms with van der Waals surface area (Å²) in [7, 11) is 0. The molecule has 12 heavy (non-hydrogen) atoms. The van der Waals surface area contributed by atoms with Crippen molar-refractivity contribution in [2.24, 2.45) is 11.5 Å². The van der Waals surface area contributed by atoms with Gasteiger partial charge in [-0.15, -0.1) is 0 Å². The van der Waals surface area contributed by atoms with Gasteiger partial charge in [-0.2, -0.15) is 0 Å². The van der Waals surface area contributed by atoms with Gasteiger partial charge in [0, 0.05) is 6.54 Å². The lowest BCUT2D eigenvalue weighted by Crippen LogP contribution is -2.15. The predicted molar refractivity (Wildman–Crippen MR) is 47.2 cm³/mol. The number of carbonyl (C=O) groups excluding carboxylic acids is 1. The van der Waals surface area contributed by atoms with Crippen LogP contribution < -0.4 is 11.5 Å². The fraction of sp³-hybridized carbons (Fsp3) is 0.222. The minimum Gasteiger partial charge on any atom is -0.369 e. The second-order valence-corrected chi connectivity index (χ2v) is 2.62. The summed E-state index contributed by atoms with van der Waals surface area (Å²) in [6, 6.07) is 7.54. The summed E-state index contributed by atoms with van der Waals surface area (Å²) >= 11 is 0. The topological polar surface area (TPSA) is 69.1 Å². The monoisotopic (exact) mass is 164 g/mol. The van der Waals surface area contributed by atoms with Gasteiger partial charge in [0.1, 0.15) is 0 Å². The van der Waals surface area contributed by atoms with Gasteiger partial charge >= 0.3 is 0 Å². The number of amides is 1.